The van der Waals surface area contributed by atoms with Crippen molar-refractivity contribution < 1.29 is 13.2 Å². The van der Waals surface area contributed by atoms with Gasteiger partial charge in [-0.25, -0.2) is 13.1 Å². The predicted octanol–water partition coefficient (Wildman–Crippen LogP) is 1.31. The minimum Gasteiger partial charge on any atom is -0.497 e. The molecule has 1 aromatic rings. The molecule has 6 heteroatoms. The molecular weight excluding hydrogens is 276 g/mol. The Hall–Kier alpha value is -1.11. The minimum atomic E-state index is -3.47. The number of benzene rings is 1. The van der Waals surface area contributed by atoms with Gasteiger partial charge in [0.15, 0.2) is 0 Å². The molecule has 1 N–H and O–H groups in total. The molecule has 1 aliphatic heterocycles. The van der Waals surface area contributed by atoms with E-state index in [9.17, 15) is 8.42 Å². The van der Waals surface area contributed by atoms with Crippen molar-refractivity contribution in [3.05, 3.63) is 24.3 Å². The van der Waals surface area contributed by atoms with Gasteiger partial charge in [0.05, 0.1) is 12.0 Å². The number of likely N-dealkylation sites (tertiary alicyclic amines) is 1. The molecule has 0 aromatic heterocycles. The summed E-state index contributed by atoms with van der Waals surface area (Å²) in [6, 6.07) is 6.43. The number of hydrogen-bond acceptors (Lipinski definition) is 4. The monoisotopic (exact) mass is 298 g/mol. The van der Waals surface area contributed by atoms with Gasteiger partial charge in [0.2, 0.25) is 10.0 Å². The van der Waals surface area contributed by atoms with Gasteiger partial charge in [-0.1, -0.05) is 13.8 Å². The lowest BCUT2D eigenvalue weighted by Gasteiger charge is -2.17. The normalized spacial score (nSPS) is 23.9. The van der Waals surface area contributed by atoms with Gasteiger partial charge < -0.3 is 9.64 Å². The molecule has 1 aliphatic rings. The van der Waals surface area contributed by atoms with Crippen molar-refractivity contribution in [2.24, 2.45) is 5.92 Å². The molecule has 0 spiro atoms. The summed E-state index contributed by atoms with van der Waals surface area (Å²) in [7, 11) is -1.91. The summed E-state index contributed by atoms with van der Waals surface area (Å²) >= 11 is 0. The van der Waals surface area contributed by atoms with Crippen molar-refractivity contribution in [3.63, 3.8) is 0 Å². The summed E-state index contributed by atoms with van der Waals surface area (Å²) in [4.78, 5) is 2.53. The van der Waals surface area contributed by atoms with E-state index in [0.29, 0.717) is 11.7 Å². The van der Waals surface area contributed by atoms with Crippen molar-refractivity contribution in [2.45, 2.75) is 24.8 Å². The molecule has 1 fully saturated rings. The lowest BCUT2D eigenvalue weighted by atomic mass is 10.1. The zero-order chi connectivity index (χ0) is 14.8. The van der Waals surface area contributed by atoms with Gasteiger partial charge in [0.25, 0.3) is 0 Å². The third-order valence-corrected chi connectivity index (χ3v) is 5.32. The van der Waals surface area contributed by atoms with Crippen LogP contribution in [0.5, 0.6) is 5.75 Å². The molecule has 0 saturated carbocycles. The van der Waals surface area contributed by atoms with Gasteiger partial charge in [0.1, 0.15) is 5.75 Å². The van der Waals surface area contributed by atoms with Crippen molar-refractivity contribution in [3.8, 4) is 5.75 Å². The maximum absolute atomic E-state index is 12.4. The largest absolute Gasteiger partial charge is 0.497 e. The topological polar surface area (TPSA) is 58.6 Å². The molecular formula is C14H22N2O3S. The van der Waals surface area contributed by atoms with Gasteiger partial charge in [-0.2, -0.15) is 0 Å². The Bertz CT molecular complexity index is 542. The highest BCUT2D eigenvalue weighted by atomic mass is 32.2. The second-order valence-corrected chi connectivity index (χ2v) is 6.95. The summed E-state index contributed by atoms with van der Waals surface area (Å²) < 4.78 is 32.6. The maximum atomic E-state index is 12.4. The number of nitrogens with one attached hydrogen (secondary N) is 1. The first kappa shape index (κ1) is 15.3. The highest BCUT2D eigenvalue weighted by molar-refractivity contribution is 7.89. The van der Waals surface area contributed by atoms with Gasteiger partial charge in [-0.05, 0) is 36.7 Å². The van der Waals surface area contributed by atoms with E-state index >= 15 is 0 Å². The number of methoxy groups -OCH3 is 1. The highest BCUT2D eigenvalue weighted by Gasteiger charge is 2.32. The fraction of sp³-hybridized carbons (Fsp3) is 0.571. The van der Waals surface area contributed by atoms with Crippen LogP contribution in [0.4, 0.5) is 0 Å². The lowest BCUT2D eigenvalue weighted by molar-refractivity contribution is 0.344. The summed E-state index contributed by atoms with van der Waals surface area (Å²) in [5.74, 6) is 0.971. The summed E-state index contributed by atoms with van der Waals surface area (Å²) in [6.45, 7) is 6.83. The Labute approximate surface area is 121 Å². The van der Waals surface area contributed by atoms with Crippen LogP contribution >= 0.6 is 0 Å². The van der Waals surface area contributed by atoms with Crippen molar-refractivity contribution >= 4 is 10.0 Å². The Morgan fingerprint density at radius 2 is 1.95 bits per heavy atom. The second kappa shape index (κ2) is 6.11. The summed E-state index contributed by atoms with van der Waals surface area (Å²) in [5.41, 5.74) is 0. The second-order valence-electron chi connectivity index (χ2n) is 5.23. The SMILES string of the molecule is CCN1C[C@H](NS(=O)(=O)c2ccc(OC)cc2)[C@@H](C)C1. The molecule has 0 amide bonds. The van der Waals surface area contributed by atoms with Gasteiger partial charge in [-0.15, -0.1) is 0 Å². The van der Waals surface area contributed by atoms with E-state index in [0.717, 1.165) is 19.6 Å². The predicted molar refractivity (Wildman–Crippen MR) is 78.4 cm³/mol. The number of rotatable bonds is 5. The van der Waals surface area contributed by atoms with E-state index in [2.05, 4.69) is 23.5 Å². The molecule has 1 heterocycles. The zero-order valence-corrected chi connectivity index (χ0v) is 13.0. The Morgan fingerprint density at radius 3 is 2.45 bits per heavy atom. The average molecular weight is 298 g/mol. The number of ether oxygens (including phenoxy) is 1. The van der Waals surface area contributed by atoms with Gasteiger partial charge in [-0.3, -0.25) is 0 Å². The maximum Gasteiger partial charge on any atom is 0.240 e. The fourth-order valence-corrected chi connectivity index (χ4v) is 3.84. The van der Waals surface area contributed by atoms with Crippen molar-refractivity contribution in [2.75, 3.05) is 26.7 Å². The summed E-state index contributed by atoms with van der Waals surface area (Å²) in [6.07, 6.45) is 0. The van der Waals surface area contributed by atoms with E-state index in [1.165, 1.54) is 0 Å². The van der Waals surface area contributed by atoms with E-state index in [4.69, 9.17) is 4.74 Å². The standard InChI is InChI=1S/C14H22N2O3S/c1-4-16-9-11(2)14(10-16)15-20(17,18)13-7-5-12(19-3)6-8-13/h5-8,11,14-15H,4,9-10H2,1-3H3/t11-,14-/m0/s1. The van der Waals surface area contributed by atoms with Crippen molar-refractivity contribution in [1.82, 2.24) is 9.62 Å². The lowest BCUT2D eigenvalue weighted by Crippen LogP contribution is -2.39. The Balaban J connectivity index is 2.10. The van der Waals surface area contributed by atoms with Crippen LogP contribution in [0.25, 0.3) is 0 Å². The van der Waals surface area contributed by atoms with Crippen LogP contribution in [0.3, 0.4) is 0 Å². The number of likely N-dealkylation sites (N-methyl/N-ethyl adjacent to an activating group) is 1. The zero-order valence-electron chi connectivity index (χ0n) is 12.2. The average Bonchev–Trinajstić information content (AvgIpc) is 2.79. The van der Waals surface area contributed by atoms with Crippen LogP contribution in [0.15, 0.2) is 29.2 Å². The first-order valence-corrected chi connectivity index (χ1v) is 8.33. The van der Waals surface area contributed by atoms with E-state index in [1.54, 1.807) is 31.4 Å². The van der Waals surface area contributed by atoms with Crippen LogP contribution in [0.2, 0.25) is 0 Å². The molecule has 112 valence electrons. The summed E-state index contributed by atoms with van der Waals surface area (Å²) in [5, 5.41) is 0. The molecule has 0 unspecified atom stereocenters. The van der Waals surface area contributed by atoms with Gasteiger partial charge >= 0.3 is 0 Å². The van der Waals surface area contributed by atoms with Gasteiger partial charge in [0, 0.05) is 19.1 Å². The molecule has 0 radical (unpaired) electrons. The molecule has 0 aliphatic carbocycles. The van der Waals surface area contributed by atoms with E-state index in [1.807, 2.05) is 0 Å². The van der Waals surface area contributed by atoms with Crippen LogP contribution in [-0.2, 0) is 10.0 Å². The molecule has 5 nitrogen and oxygen atoms in total. The number of sulfonamides is 1. The van der Waals surface area contributed by atoms with E-state index < -0.39 is 10.0 Å². The number of nitrogens with zero attached hydrogens (tertiary/aromatic N) is 1. The van der Waals surface area contributed by atoms with Crippen LogP contribution in [-0.4, -0.2) is 46.1 Å². The quantitative estimate of drug-likeness (QED) is 0.890. The van der Waals surface area contributed by atoms with Crippen LogP contribution < -0.4 is 9.46 Å². The minimum absolute atomic E-state index is 0.0259. The third-order valence-electron chi connectivity index (χ3n) is 3.81. The Morgan fingerprint density at radius 1 is 1.30 bits per heavy atom. The van der Waals surface area contributed by atoms with Crippen LogP contribution in [0.1, 0.15) is 13.8 Å². The molecule has 20 heavy (non-hydrogen) atoms. The fourth-order valence-electron chi connectivity index (χ4n) is 2.50. The Kier molecular flexibility index (Phi) is 4.67. The molecule has 1 aromatic carbocycles. The molecule has 1 saturated heterocycles. The smallest absolute Gasteiger partial charge is 0.240 e. The van der Waals surface area contributed by atoms with E-state index in [-0.39, 0.29) is 10.9 Å². The molecule has 0 bridgehead atoms. The van der Waals surface area contributed by atoms with Crippen LogP contribution in [0, 0.1) is 5.92 Å². The number of hydrogen-bond donors (Lipinski definition) is 1. The third kappa shape index (κ3) is 3.31. The first-order valence-electron chi connectivity index (χ1n) is 6.85. The highest BCUT2D eigenvalue weighted by Crippen LogP contribution is 2.20. The van der Waals surface area contributed by atoms with Crippen molar-refractivity contribution in [1.29, 1.82) is 0 Å². The molecule has 2 rings (SSSR count). The molecule has 2 atom stereocenters. The first-order chi connectivity index (χ1) is 9.46.